The molecule has 9 nitrogen and oxygen atoms in total. The summed E-state index contributed by atoms with van der Waals surface area (Å²) in [6.45, 7) is -0.0628. The van der Waals surface area contributed by atoms with Crippen LogP contribution >= 0.6 is 0 Å². The lowest BCUT2D eigenvalue weighted by molar-refractivity contribution is -0.118. The van der Waals surface area contributed by atoms with Crippen molar-refractivity contribution in [3.8, 4) is 5.75 Å². The maximum absolute atomic E-state index is 12.0. The van der Waals surface area contributed by atoms with Crippen LogP contribution in [0, 0.1) is 0 Å². The molecule has 2 amide bonds. The number of hydrogen-bond donors (Lipinski definition) is 4. The summed E-state index contributed by atoms with van der Waals surface area (Å²) in [4.78, 5) is 49.8. The van der Waals surface area contributed by atoms with E-state index in [0.29, 0.717) is 17.1 Å². The summed E-state index contributed by atoms with van der Waals surface area (Å²) in [7, 11) is 0. The number of hydrogen-bond acceptors (Lipinski definition) is 5. The highest BCUT2D eigenvalue weighted by atomic mass is 16.5. The number of benzene rings is 1. The topological polar surface area (TPSA) is 133 Å². The van der Waals surface area contributed by atoms with E-state index in [1.54, 1.807) is 12.1 Å². The van der Waals surface area contributed by atoms with Crippen molar-refractivity contribution >= 4 is 23.2 Å². The largest absolute Gasteiger partial charge is 0.482 e. The zero-order valence-electron chi connectivity index (χ0n) is 11.1. The van der Waals surface area contributed by atoms with Crippen LogP contribution in [0.25, 0.3) is 0 Å². The molecule has 1 aliphatic rings. The van der Waals surface area contributed by atoms with Crippen molar-refractivity contribution in [1.82, 2.24) is 9.97 Å². The van der Waals surface area contributed by atoms with Crippen LogP contribution < -0.4 is 26.6 Å². The molecule has 0 spiro atoms. The van der Waals surface area contributed by atoms with Crippen molar-refractivity contribution < 1.29 is 14.3 Å². The first-order valence-electron chi connectivity index (χ1n) is 6.23. The Labute approximate surface area is 122 Å². The van der Waals surface area contributed by atoms with Gasteiger partial charge in [0, 0.05) is 11.8 Å². The minimum Gasteiger partial charge on any atom is -0.482 e. The van der Waals surface area contributed by atoms with Gasteiger partial charge in [-0.25, -0.2) is 4.79 Å². The molecule has 0 fully saturated rings. The van der Waals surface area contributed by atoms with Gasteiger partial charge in [0.2, 0.25) is 0 Å². The highest BCUT2D eigenvalue weighted by Crippen LogP contribution is 2.30. The van der Waals surface area contributed by atoms with E-state index in [1.807, 2.05) is 4.98 Å². The highest BCUT2D eigenvalue weighted by Gasteiger charge is 2.17. The Morgan fingerprint density at radius 1 is 1.14 bits per heavy atom. The number of nitrogens with one attached hydrogen (secondary N) is 4. The van der Waals surface area contributed by atoms with Crippen LogP contribution in [0.1, 0.15) is 10.5 Å². The van der Waals surface area contributed by atoms with E-state index in [1.165, 1.54) is 6.07 Å². The molecule has 2 aromatic rings. The standard InChI is InChI=1S/C13H10N4O5/c18-10-4-8(16-13(21)17-10)12(20)14-6-1-2-9-7(3-6)15-11(19)5-22-9/h1-4H,5H2,(H,14,20)(H,15,19)(H2,16,17,18,21). The van der Waals surface area contributed by atoms with Gasteiger partial charge in [0.05, 0.1) is 5.69 Å². The Hall–Kier alpha value is -3.36. The molecule has 3 rings (SSSR count). The van der Waals surface area contributed by atoms with E-state index >= 15 is 0 Å². The summed E-state index contributed by atoms with van der Waals surface area (Å²) >= 11 is 0. The van der Waals surface area contributed by atoms with Gasteiger partial charge < -0.3 is 20.4 Å². The second kappa shape index (κ2) is 5.20. The fraction of sp³-hybridized carbons (Fsp3) is 0.0769. The van der Waals surface area contributed by atoms with Crippen LogP contribution in [0.4, 0.5) is 11.4 Å². The first-order chi connectivity index (χ1) is 10.5. The van der Waals surface area contributed by atoms with Gasteiger partial charge in [-0.1, -0.05) is 0 Å². The summed E-state index contributed by atoms with van der Waals surface area (Å²) in [5, 5.41) is 5.11. The van der Waals surface area contributed by atoms with E-state index < -0.39 is 17.2 Å². The Morgan fingerprint density at radius 3 is 2.73 bits per heavy atom. The van der Waals surface area contributed by atoms with E-state index in [9.17, 15) is 19.2 Å². The molecule has 0 saturated heterocycles. The van der Waals surface area contributed by atoms with Crippen molar-refractivity contribution in [2.24, 2.45) is 0 Å². The Bertz CT molecular complexity index is 854. The Balaban J connectivity index is 1.85. The number of H-pyrrole nitrogens is 2. The molecular weight excluding hydrogens is 292 g/mol. The molecule has 9 heteroatoms. The summed E-state index contributed by atoms with van der Waals surface area (Å²) in [6.07, 6.45) is 0. The highest BCUT2D eigenvalue weighted by molar-refractivity contribution is 6.03. The van der Waals surface area contributed by atoms with Gasteiger partial charge in [-0.05, 0) is 18.2 Å². The average Bonchev–Trinajstić information content (AvgIpc) is 2.45. The maximum Gasteiger partial charge on any atom is 0.326 e. The Morgan fingerprint density at radius 2 is 1.95 bits per heavy atom. The molecule has 1 aromatic carbocycles. The van der Waals surface area contributed by atoms with Gasteiger partial charge in [-0.3, -0.25) is 19.4 Å². The third kappa shape index (κ3) is 2.73. The SMILES string of the molecule is O=C1COc2ccc(NC(=O)c3cc(=O)[nH]c(=O)[nH]3)cc2N1. The molecule has 112 valence electrons. The van der Waals surface area contributed by atoms with Gasteiger partial charge in [0.15, 0.2) is 6.61 Å². The molecule has 1 aliphatic heterocycles. The molecule has 0 atom stereocenters. The van der Waals surface area contributed by atoms with Crippen molar-refractivity contribution in [2.45, 2.75) is 0 Å². The number of ether oxygens (including phenoxy) is 1. The molecule has 1 aromatic heterocycles. The molecule has 22 heavy (non-hydrogen) atoms. The van der Waals surface area contributed by atoms with Crippen molar-refractivity contribution in [3.63, 3.8) is 0 Å². The summed E-state index contributed by atoms with van der Waals surface area (Å²) < 4.78 is 5.19. The molecule has 0 radical (unpaired) electrons. The van der Waals surface area contributed by atoms with Crippen LogP contribution in [0.3, 0.4) is 0 Å². The fourth-order valence-electron chi connectivity index (χ4n) is 1.95. The summed E-state index contributed by atoms with van der Waals surface area (Å²) in [5.74, 6) is -0.469. The van der Waals surface area contributed by atoms with Crippen LogP contribution in [0.5, 0.6) is 5.75 Å². The zero-order valence-corrected chi connectivity index (χ0v) is 11.1. The number of rotatable bonds is 2. The van der Waals surface area contributed by atoms with Gasteiger partial charge in [0.25, 0.3) is 17.4 Å². The van der Waals surface area contributed by atoms with Crippen LogP contribution in [0.2, 0.25) is 0 Å². The van der Waals surface area contributed by atoms with Gasteiger partial charge in [-0.15, -0.1) is 0 Å². The molecule has 0 unspecified atom stereocenters. The molecule has 0 aliphatic carbocycles. The fourth-order valence-corrected chi connectivity index (χ4v) is 1.95. The van der Waals surface area contributed by atoms with E-state index in [4.69, 9.17) is 4.74 Å². The van der Waals surface area contributed by atoms with E-state index in [2.05, 4.69) is 15.6 Å². The monoisotopic (exact) mass is 302 g/mol. The molecule has 0 bridgehead atoms. The number of aromatic nitrogens is 2. The second-order valence-electron chi connectivity index (χ2n) is 4.50. The number of carbonyl (C=O) groups is 2. The first kappa shape index (κ1) is 13.6. The lowest BCUT2D eigenvalue weighted by Crippen LogP contribution is -2.27. The molecule has 0 saturated carbocycles. The quantitative estimate of drug-likeness (QED) is 0.601. The molecule has 4 N–H and O–H groups in total. The van der Waals surface area contributed by atoms with Crippen LogP contribution in [-0.4, -0.2) is 28.4 Å². The third-order valence-electron chi connectivity index (χ3n) is 2.88. The van der Waals surface area contributed by atoms with Crippen molar-refractivity contribution in [3.05, 3.63) is 50.8 Å². The number of amides is 2. The number of anilines is 2. The smallest absolute Gasteiger partial charge is 0.326 e. The zero-order chi connectivity index (χ0) is 15.7. The van der Waals surface area contributed by atoms with Crippen molar-refractivity contribution in [1.29, 1.82) is 0 Å². The average molecular weight is 302 g/mol. The predicted octanol–water partition coefficient (Wildman–Crippen LogP) is -0.354. The third-order valence-corrected chi connectivity index (χ3v) is 2.88. The minimum atomic E-state index is -0.774. The Kier molecular flexibility index (Phi) is 3.22. The summed E-state index contributed by atoms with van der Waals surface area (Å²) in [5.41, 5.74) is -0.834. The summed E-state index contributed by atoms with van der Waals surface area (Å²) in [6, 6.07) is 5.64. The normalized spacial score (nSPS) is 12.8. The lowest BCUT2D eigenvalue weighted by Gasteiger charge is -2.18. The lowest BCUT2D eigenvalue weighted by atomic mass is 10.2. The van der Waals surface area contributed by atoms with Gasteiger partial charge >= 0.3 is 5.69 Å². The number of aromatic amines is 2. The number of carbonyl (C=O) groups excluding carboxylic acids is 2. The number of fused-ring (bicyclic) bond motifs is 1. The first-order valence-corrected chi connectivity index (χ1v) is 6.23. The van der Waals surface area contributed by atoms with Gasteiger partial charge in [-0.2, -0.15) is 0 Å². The van der Waals surface area contributed by atoms with Crippen LogP contribution in [0.15, 0.2) is 33.9 Å². The van der Waals surface area contributed by atoms with Gasteiger partial charge in [0.1, 0.15) is 11.4 Å². The van der Waals surface area contributed by atoms with Crippen molar-refractivity contribution in [2.75, 3.05) is 17.2 Å². The van der Waals surface area contributed by atoms with E-state index in [0.717, 1.165) is 6.07 Å². The molecular formula is C13H10N4O5. The van der Waals surface area contributed by atoms with E-state index in [-0.39, 0.29) is 18.2 Å². The van der Waals surface area contributed by atoms with Crippen LogP contribution in [-0.2, 0) is 4.79 Å². The minimum absolute atomic E-state index is 0.0628. The molecule has 2 heterocycles. The second-order valence-corrected chi connectivity index (χ2v) is 4.50. The maximum atomic E-state index is 12.0. The predicted molar refractivity (Wildman–Crippen MR) is 76.2 cm³/mol.